The number of H-pyrrole nitrogens is 1. The summed E-state index contributed by atoms with van der Waals surface area (Å²) in [5, 5.41) is 3.26. The van der Waals surface area contributed by atoms with Crippen molar-refractivity contribution in [3.63, 3.8) is 0 Å². The zero-order valence-corrected chi connectivity index (χ0v) is 15.6. The maximum Gasteiger partial charge on any atom is 0.296 e. The normalized spacial score (nSPS) is 10.5. The molecule has 0 atom stereocenters. The van der Waals surface area contributed by atoms with Gasteiger partial charge in [-0.1, -0.05) is 18.2 Å². The molecule has 6 heteroatoms. The molecule has 4 rings (SSSR count). The number of fused-ring (bicyclic) bond motifs is 1. The molecule has 0 bridgehead atoms. The predicted molar refractivity (Wildman–Crippen MR) is 111 cm³/mol. The van der Waals surface area contributed by atoms with Gasteiger partial charge in [0, 0.05) is 22.8 Å². The fourth-order valence-corrected chi connectivity index (χ4v) is 2.96. The Morgan fingerprint density at radius 1 is 0.862 bits per heavy atom. The standard InChI is InChI=1S/C23H18N2O4/c1-28-18-11-12-21-19(13-18)20(14-24-21)22(26)23(27)25-15-7-9-17(10-8-15)29-16-5-3-2-4-6-16/h2-14,24H,1H3,(H,25,27). The van der Waals surface area contributed by atoms with E-state index in [0.717, 1.165) is 5.52 Å². The molecule has 1 aromatic heterocycles. The highest BCUT2D eigenvalue weighted by atomic mass is 16.5. The van der Waals surface area contributed by atoms with Gasteiger partial charge in [-0.2, -0.15) is 0 Å². The van der Waals surface area contributed by atoms with Crippen LogP contribution < -0.4 is 14.8 Å². The van der Waals surface area contributed by atoms with Crippen molar-refractivity contribution in [2.24, 2.45) is 0 Å². The molecule has 3 aromatic carbocycles. The second kappa shape index (κ2) is 7.90. The first-order chi connectivity index (χ1) is 14.1. The number of ether oxygens (including phenoxy) is 2. The van der Waals surface area contributed by atoms with E-state index >= 15 is 0 Å². The van der Waals surface area contributed by atoms with Crippen LogP contribution in [0, 0.1) is 0 Å². The number of hydrogen-bond donors (Lipinski definition) is 2. The van der Waals surface area contributed by atoms with Crippen LogP contribution >= 0.6 is 0 Å². The highest BCUT2D eigenvalue weighted by molar-refractivity contribution is 6.48. The molecule has 4 aromatic rings. The SMILES string of the molecule is COc1ccc2[nH]cc(C(=O)C(=O)Nc3ccc(Oc4ccccc4)cc3)c2c1. The first-order valence-corrected chi connectivity index (χ1v) is 8.98. The summed E-state index contributed by atoms with van der Waals surface area (Å²) in [6, 6.07) is 21.5. The third kappa shape index (κ3) is 3.96. The van der Waals surface area contributed by atoms with Crippen molar-refractivity contribution in [2.75, 3.05) is 12.4 Å². The van der Waals surface area contributed by atoms with E-state index < -0.39 is 11.7 Å². The molecule has 144 valence electrons. The monoisotopic (exact) mass is 386 g/mol. The lowest BCUT2D eigenvalue weighted by molar-refractivity contribution is -0.112. The number of carbonyl (C=O) groups is 2. The number of rotatable bonds is 6. The number of benzene rings is 3. The van der Waals surface area contributed by atoms with Crippen molar-refractivity contribution >= 4 is 28.3 Å². The van der Waals surface area contributed by atoms with Crippen LogP contribution in [0.5, 0.6) is 17.2 Å². The van der Waals surface area contributed by atoms with Gasteiger partial charge in [-0.15, -0.1) is 0 Å². The van der Waals surface area contributed by atoms with Crippen molar-refractivity contribution in [3.05, 3.63) is 84.6 Å². The highest BCUT2D eigenvalue weighted by Crippen LogP contribution is 2.25. The van der Waals surface area contributed by atoms with Crippen molar-refractivity contribution in [1.82, 2.24) is 4.98 Å². The molecule has 0 fully saturated rings. The summed E-state index contributed by atoms with van der Waals surface area (Å²) in [5.41, 5.74) is 1.55. The van der Waals surface area contributed by atoms with Gasteiger partial charge >= 0.3 is 0 Å². The zero-order valence-electron chi connectivity index (χ0n) is 15.6. The Morgan fingerprint density at radius 2 is 1.55 bits per heavy atom. The highest BCUT2D eigenvalue weighted by Gasteiger charge is 2.20. The number of carbonyl (C=O) groups excluding carboxylic acids is 2. The number of aromatic nitrogens is 1. The van der Waals surface area contributed by atoms with Gasteiger partial charge in [0.2, 0.25) is 0 Å². The van der Waals surface area contributed by atoms with Gasteiger partial charge in [-0.25, -0.2) is 0 Å². The molecule has 0 unspecified atom stereocenters. The Morgan fingerprint density at radius 3 is 2.28 bits per heavy atom. The Hall–Kier alpha value is -4.06. The van der Waals surface area contributed by atoms with E-state index in [2.05, 4.69) is 10.3 Å². The van der Waals surface area contributed by atoms with Crippen LogP contribution in [0.2, 0.25) is 0 Å². The second-order valence-electron chi connectivity index (χ2n) is 6.34. The summed E-state index contributed by atoms with van der Waals surface area (Å²) in [6.07, 6.45) is 1.53. The van der Waals surface area contributed by atoms with Crippen LogP contribution in [-0.4, -0.2) is 23.8 Å². The quantitative estimate of drug-likeness (QED) is 0.369. The molecule has 0 saturated heterocycles. The van der Waals surface area contributed by atoms with Gasteiger partial charge in [0.25, 0.3) is 11.7 Å². The molecular weight excluding hydrogens is 368 g/mol. The number of Topliss-reactive ketones (excluding diaryl/α,β-unsaturated/α-hetero) is 1. The van der Waals surface area contributed by atoms with E-state index in [9.17, 15) is 9.59 Å². The van der Waals surface area contributed by atoms with E-state index in [1.165, 1.54) is 6.20 Å². The molecule has 6 nitrogen and oxygen atoms in total. The van der Waals surface area contributed by atoms with Gasteiger partial charge in [-0.05, 0) is 54.6 Å². The Balaban J connectivity index is 1.47. The molecule has 0 spiro atoms. The number of anilines is 1. The van der Waals surface area contributed by atoms with Crippen LogP contribution in [0.15, 0.2) is 79.0 Å². The topological polar surface area (TPSA) is 80.4 Å². The van der Waals surface area contributed by atoms with Gasteiger partial charge in [0.15, 0.2) is 0 Å². The fourth-order valence-electron chi connectivity index (χ4n) is 2.96. The lowest BCUT2D eigenvalue weighted by Gasteiger charge is -2.08. The minimum Gasteiger partial charge on any atom is -0.497 e. The molecule has 1 heterocycles. The van der Waals surface area contributed by atoms with Crippen LogP contribution in [0.4, 0.5) is 5.69 Å². The molecular formula is C23H18N2O4. The molecule has 0 aliphatic carbocycles. The van der Waals surface area contributed by atoms with Crippen molar-refractivity contribution < 1.29 is 19.1 Å². The van der Waals surface area contributed by atoms with Gasteiger partial charge in [0.1, 0.15) is 17.2 Å². The fraction of sp³-hybridized carbons (Fsp3) is 0.0435. The van der Waals surface area contributed by atoms with Crippen molar-refractivity contribution in [3.8, 4) is 17.2 Å². The van der Waals surface area contributed by atoms with E-state index in [0.29, 0.717) is 33.9 Å². The maximum absolute atomic E-state index is 12.6. The maximum atomic E-state index is 12.6. The number of nitrogens with one attached hydrogen (secondary N) is 2. The van der Waals surface area contributed by atoms with E-state index in [4.69, 9.17) is 9.47 Å². The van der Waals surface area contributed by atoms with Crippen LogP contribution in [0.3, 0.4) is 0 Å². The number of ketones is 1. The average molecular weight is 386 g/mol. The summed E-state index contributed by atoms with van der Waals surface area (Å²) in [7, 11) is 1.55. The van der Waals surface area contributed by atoms with E-state index in [-0.39, 0.29) is 0 Å². The Bertz CT molecular complexity index is 1160. The predicted octanol–water partition coefficient (Wildman–Crippen LogP) is 4.79. The Kier molecular flexibility index (Phi) is 4.99. The van der Waals surface area contributed by atoms with Crippen LogP contribution in [-0.2, 0) is 4.79 Å². The number of amides is 1. The second-order valence-corrected chi connectivity index (χ2v) is 6.34. The number of aromatic amines is 1. The molecule has 0 aliphatic rings. The van der Waals surface area contributed by atoms with Crippen LogP contribution in [0.25, 0.3) is 10.9 Å². The van der Waals surface area contributed by atoms with Crippen molar-refractivity contribution in [2.45, 2.75) is 0 Å². The minimum atomic E-state index is -0.717. The molecule has 2 N–H and O–H groups in total. The lowest BCUT2D eigenvalue weighted by atomic mass is 10.1. The summed E-state index contributed by atoms with van der Waals surface area (Å²) in [5.74, 6) is 0.610. The smallest absolute Gasteiger partial charge is 0.296 e. The molecule has 0 saturated carbocycles. The van der Waals surface area contributed by atoms with Gasteiger partial charge in [0.05, 0.1) is 12.7 Å². The summed E-state index contributed by atoms with van der Waals surface area (Å²) < 4.78 is 10.9. The largest absolute Gasteiger partial charge is 0.497 e. The van der Waals surface area contributed by atoms with Gasteiger partial charge < -0.3 is 19.8 Å². The van der Waals surface area contributed by atoms with E-state index in [1.54, 1.807) is 49.6 Å². The average Bonchev–Trinajstić information content (AvgIpc) is 3.18. The lowest BCUT2D eigenvalue weighted by Crippen LogP contribution is -2.22. The Labute approximate surface area is 167 Å². The minimum absolute atomic E-state index is 0.292. The number of hydrogen-bond acceptors (Lipinski definition) is 4. The number of para-hydroxylation sites is 1. The third-order valence-electron chi connectivity index (χ3n) is 4.43. The summed E-state index contributed by atoms with van der Waals surface area (Å²) in [4.78, 5) is 28.1. The summed E-state index contributed by atoms with van der Waals surface area (Å²) >= 11 is 0. The van der Waals surface area contributed by atoms with Gasteiger partial charge in [-0.3, -0.25) is 9.59 Å². The summed E-state index contributed by atoms with van der Waals surface area (Å²) in [6.45, 7) is 0. The first-order valence-electron chi connectivity index (χ1n) is 8.98. The molecule has 29 heavy (non-hydrogen) atoms. The molecule has 1 amide bonds. The van der Waals surface area contributed by atoms with E-state index in [1.807, 2.05) is 30.3 Å². The van der Waals surface area contributed by atoms with Crippen molar-refractivity contribution in [1.29, 1.82) is 0 Å². The van der Waals surface area contributed by atoms with Crippen LogP contribution in [0.1, 0.15) is 10.4 Å². The third-order valence-corrected chi connectivity index (χ3v) is 4.43. The molecule has 0 radical (unpaired) electrons. The first kappa shape index (κ1) is 18.3. The zero-order chi connectivity index (χ0) is 20.2. The molecule has 0 aliphatic heterocycles. The number of methoxy groups -OCH3 is 1.